The van der Waals surface area contributed by atoms with E-state index in [0.717, 1.165) is 53.8 Å². The maximum atomic E-state index is 11.3. The van der Waals surface area contributed by atoms with Gasteiger partial charge in [0.25, 0.3) is 16.8 Å². The van der Waals surface area contributed by atoms with Crippen molar-refractivity contribution in [2.24, 2.45) is 0 Å². The second-order valence-corrected chi connectivity index (χ2v) is 15.4. The van der Waals surface area contributed by atoms with Crippen molar-refractivity contribution in [1.29, 1.82) is 0 Å². The minimum atomic E-state index is -1.37. The van der Waals surface area contributed by atoms with Crippen LogP contribution in [0, 0.1) is 0 Å². The molecule has 0 bridgehead atoms. The molecule has 1 aliphatic rings. The molecule has 228 valence electrons. The molecule has 6 nitrogen and oxygen atoms in total. The number of carbonyl (C=O) groups is 1. The van der Waals surface area contributed by atoms with Crippen molar-refractivity contribution in [1.82, 2.24) is 0 Å². The number of rotatable bonds is 16. The predicted octanol–water partition coefficient (Wildman–Crippen LogP) is 8.85. The fourth-order valence-electron chi connectivity index (χ4n) is 4.45. The Labute approximate surface area is 263 Å². The van der Waals surface area contributed by atoms with Crippen LogP contribution in [0.4, 0.5) is 0 Å². The molecule has 0 heterocycles. The molecule has 3 unspecified atom stereocenters. The van der Waals surface area contributed by atoms with Crippen molar-refractivity contribution in [3.63, 3.8) is 0 Å². The van der Waals surface area contributed by atoms with Crippen LogP contribution in [0.25, 0.3) is 0 Å². The summed E-state index contributed by atoms with van der Waals surface area (Å²) in [7, 11) is -1.96. The predicted molar refractivity (Wildman–Crippen MR) is 183 cm³/mol. The lowest BCUT2D eigenvalue weighted by Gasteiger charge is -2.27. The van der Waals surface area contributed by atoms with E-state index in [2.05, 4.69) is 61.5 Å². The Morgan fingerprint density at radius 3 is 2.02 bits per heavy atom. The van der Waals surface area contributed by atoms with Crippen LogP contribution in [0.5, 0.6) is 23.0 Å². The molecular weight excluding hydrogens is 609 g/mol. The third-order valence-electron chi connectivity index (χ3n) is 6.69. The monoisotopic (exact) mass is 646 g/mol. The summed E-state index contributed by atoms with van der Waals surface area (Å²) in [6.45, 7) is 4.06. The normalized spacial score (nSPS) is 14.8. The number of allylic oxidation sites excluding steroid dienone is 1. The zero-order valence-electron chi connectivity index (χ0n) is 25.2. The topological polar surface area (TPSA) is 63.2 Å². The first-order valence-corrected chi connectivity index (χ1v) is 18.6. The van der Waals surface area contributed by atoms with Crippen LogP contribution in [0.15, 0.2) is 109 Å². The Hall–Kier alpha value is -3.42. The summed E-state index contributed by atoms with van der Waals surface area (Å²) in [5.41, 5.74) is 0.969. The van der Waals surface area contributed by atoms with Gasteiger partial charge >= 0.3 is 0 Å². The number of methoxy groups -OCH3 is 1. The number of aldehydes is 1. The fourth-order valence-corrected chi connectivity index (χ4v) is 9.90. The Morgan fingerprint density at radius 1 is 0.773 bits per heavy atom. The van der Waals surface area contributed by atoms with Crippen molar-refractivity contribution < 1.29 is 27.6 Å². The molecule has 0 N–H and O–H groups in total. The average Bonchev–Trinajstić information content (AvgIpc) is 3.91. The van der Waals surface area contributed by atoms with Gasteiger partial charge in [-0.3, -0.25) is 4.79 Å². The van der Waals surface area contributed by atoms with Gasteiger partial charge in [0.15, 0.2) is 11.5 Å². The van der Waals surface area contributed by atoms with Gasteiger partial charge in [0.2, 0.25) is 0 Å². The minimum absolute atomic E-state index is 0.445. The van der Waals surface area contributed by atoms with E-state index in [4.69, 9.17) is 22.8 Å². The number of hydrogen-bond acceptors (Lipinski definition) is 6. The Bertz CT molecular complexity index is 1540. The van der Waals surface area contributed by atoms with E-state index in [1.165, 1.54) is 5.30 Å². The molecule has 0 radical (unpaired) electrons. The molecule has 0 aromatic heterocycles. The Kier molecular flexibility index (Phi) is 11.7. The standard InChI is InChI=1S/C35H37O6P3/c1-4-23-38-44(29-20-21-29)41-32-16-10-12-18-35(32)43(28-13-7-6-8-14-28)34-17-11-9-15-31(34)40-42(24-5-2)39-30-22-19-27(26-36)25-33(30)37-3/h4,6-19,22-23,25-26,29H,5,20-21,24H2,1-3H3/b23-4+. The van der Waals surface area contributed by atoms with Crippen LogP contribution in [0.2, 0.25) is 0 Å². The van der Waals surface area contributed by atoms with Gasteiger partial charge in [0.05, 0.1) is 19.0 Å². The van der Waals surface area contributed by atoms with Crippen LogP contribution in [-0.4, -0.2) is 25.2 Å². The van der Waals surface area contributed by atoms with Gasteiger partial charge < -0.3 is 22.8 Å². The SMILES string of the molecule is C/C=C/OP(Oc1ccccc1P(c1ccccc1)c1ccccc1OP(CCC)Oc1ccc(C=O)cc1OC)C1CC1. The maximum absolute atomic E-state index is 11.3. The molecule has 1 aliphatic carbocycles. The molecule has 3 atom stereocenters. The number of carbonyl (C=O) groups excluding carboxylic acids is 1. The van der Waals surface area contributed by atoms with Gasteiger partial charge in [-0.2, -0.15) is 0 Å². The second-order valence-electron chi connectivity index (χ2n) is 10.1. The highest BCUT2D eigenvalue weighted by Crippen LogP contribution is 2.56. The van der Waals surface area contributed by atoms with Gasteiger partial charge in [-0.15, -0.1) is 0 Å². The third kappa shape index (κ3) is 8.19. The lowest BCUT2D eigenvalue weighted by molar-refractivity contribution is 0.112. The van der Waals surface area contributed by atoms with E-state index in [-0.39, 0.29) is 0 Å². The largest absolute Gasteiger partial charge is 0.493 e. The van der Waals surface area contributed by atoms with Crippen molar-refractivity contribution in [2.45, 2.75) is 38.8 Å². The molecule has 4 aromatic carbocycles. The van der Waals surface area contributed by atoms with Crippen molar-refractivity contribution in [2.75, 3.05) is 13.3 Å². The smallest absolute Gasteiger partial charge is 0.293 e. The molecular formula is C35H37O6P3. The molecule has 5 rings (SSSR count). The summed E-state index contributed by atoms with van der Waals surface area (Å²) in [4.78, 5) is 11.3. The highest BCUT2D eigenvalue weighted by molar-refractivity contribution is 7.80. The van der Waals surface area contributed by atoms with Gasteiger partial charge in [-0.25, -0.2) is 0 Å². The number of para-hydroxylation sites is 2. The first kappa shape index (κ1) is 32.0. The molecule has 0 saturated heterocycles. The number of hydrogen-bond donors (Lipinski definition) is 0. The Morgan fingerprint density at radius 2 is 1.41 bits per heavy atom. The lowest BCUT2D eigenvalue weighted by Crippen LogP contribution is -2.23. The van der Waals surface area contributed by atoms with Crippen LogP contribution in [-0.2, 0) is 4.52 Å². The quantitative estimate of drug-likeness (QED) is 0.0689. The highest BCUT2D eigenvalue weighted by Gasteiger charge is 2.37. The van der Waals surface area contributed by atoms with E-state index in [9.17, 15) is 4.79 Å². The van der Waals surface area contributed by atoms with Crippen LogP contribution in [0.3, 0.4) is 0 Å². The zero-order chi connectivity index (χ0) is 30.7. The van der Waals surface area contributed by atoms with Crippen molar-refractivity contribution >= 4 is 46.9 Å². The maximum Gasteiger partial charge on any atom is 0.293 e. The van der Waals surface area contributed by atoms with Crippen molar-refractivity contribution in [3.8, 4) is 23.0 Å². The fraction of sp³-hybridized carbons (Fsp3) is 0.229. The molecule has 44 heavy (non-hydrogen) atoms. The molecule has 0 amide bonds. The highest BCUT2D eigenvalue weighted by atomic mass is 31.2. The number of ether oxygens (including phenoxy) is 1. The molecule has 1 saturated carbocycles. The molecule has 1 fully saturated rings. The molecule has 0 aliphatic heterocycles. The van der Waals surface area contributed by atoms with E-state index in [0.29, 0.717) is 22.7 Å². The summed E-state index contributed by atoms with van der Waals surface area (Å²) >= 11 is 0. The third-order valence-corrected chi connectivity index (χ3v) is 12.6. The van der Waals surface area contributed by atoms with E-state index in [1.54, 1.807) is 31.6 Å². The van der Waals surface area contributed by atoms with Gasteiger partial charge in [0.1, 0.15) is 17.8 Å². The van der Waals surface area contributed by atoms with Gasteiger partial charge in [0, 0.05) is 22.3 Å². The van der Waals surface area contributed by atoms with Gasteiger partial charge in [-0.1, -0.05) is 79.7 Å². The average molecular weight is 647 g/mol. The summed E-state index contributed by atoms with van der Waals surface area (Å²) in [6, 6.07) is 32.2. The zero-order valence-corrected chi connectivity index (χ0v) is 27.8. The lowest BCUT2D eigenvalue weighted by atomic mass is 10.2. The summed E-state index contributed by atoms with van der Waals surface area (Å²) in [5.74, 6) is 2.66. The van der Waals surface area contributed by atoms with Crippen LogP contribution in [0.1, 0.15) is 43.5 Å². The molecule has 9 heteroatoms. The van der Waals surface area contributed by atoms with Crippen LogP contribution >= 0.6 is 24.7 Å². The number of benzene rings is 4. The van der Waals surface area contributed by atoms with Gasteiger partial charge in [-0.05, 0) is 69.7 Å². The van der Waals surface area contributed by atoms with Crippen molar-refractivity contribution in [3.05, 3.63) is 115 Å². The second kappa shape index (κ2) is 16.1. The summed E-state index contributed by atoms with van der Waals surface area (Å²) in [5, 5.41) is 3.37. The first-order chi connectivity index (χ1) is 21.6. The molecule has 4 aromatic rings. The van der Waals surface area contributed by atoms with Crippen LogP contribution < -0.4 is 34.2 Å². The van der Waals surface area contributed by atoms with E-state index >= 15 is 0 Å². The first-order valence-electron chi connectivity index (χ1n) is 14.7. The minimum Gasteiger partial charge on any atom is -0.493 e. The Balaban J connectivity index is 1.52. The molecule has 0 spiro atoms. The summed E-state index contributed by atoms with van der Waals surface area (Å²) < 4.78 is 31.5. The van der Waals surface area contributed by atoms with E-state index in [1.807, 2.05) is 37.3 Å². The van der Waals surface area contributed by atoms with E-state index < -0.39 is 24.7 Å². The summed E-state index contributed by atoms with van der Waals surface area (Å²) in [6.07, 6.45) is 8.29.